The number of rotatable bonds is 8. The number of piperidine rings is 1. The molecule has 5 aliphatic rings. The smallest absolute Gasteiger partial charge is 0.275 e. The summed E-state index contributed by atoms with van der Waals surface area (Å²) in [6, 6.07) is 0.421. The Hall–Kier alpha value is -0.570. The number of nitrogens with one attached hydrogen (secondary N) is 1. The number of likely N-dealkylation sites (N-methyl/N-ethyl adjacent to an activating group) is 1. The Morgan fingerprint density at radius 1 is 0.868 bits per heavy atom. The lowest BCUT2D eigenvalue weighted by Crippen LogP contribution is -2.57. The summed E-state index contributed by atoms with van der Waals surface area (Å²) in [7, 11) is 2.30. The van der Waals surface area contributed by atoms with Crippen molar-refractivity contribution in [2.24, 2.45) is 52.3 Å². The maximum atomic E-state index is 13.1. The fourth-order valence-electron chi connectivity index (χ4n) is 11.5. The van der Waals surface area contributed by atoms with Gasteiger partial charge in [-0.05, 0) is 129 Å². The zero-order chi connectivity index (χ0) is 27.1. The summed E-state index contributed by atoms with van der Waals surface area (Å²) in [5.74, 6) is 6.73. The van der Waals surface area contributed by atoms with E-state index in [4.69, 9.17) is 0 Å². The molecule has 0 bridgehead atoms. The van der Waals surface area contributed by atoms with Crippen molar-refractivity contribution in [3.8, 4) is 0 Å². The molecular weight excluding hydrogens is 464 g/mol. The first-order valence-corrected chi connectivity index (χ1v) is 17.2. The number of fused-ring (bicyclic) bond motifs is 5. The Bertz CT molecular complexity index is 817. The third-order valence-corrected chi connectivity index (χ3v) is 13.7. The van der Waals surface area contributed by atoms with E-state index in [1.165, 1.54) is 109 Å². The van der Waals surface area contributed by atoms with Crippen LogP contribution in [0.25, 0.3) is 0 Å². The molecule has 0 unspecified atom stereocenters. The molecule has 5 rings (SSSR count). The Morgan fingerprint density at radius 3 is 2.32 bits per heavy atom. The van der Waals surface area contributed by atoms with Crippen molar-refractivity contribution in [2.45, 2.75) is 137 Å². The van der Waals surface area contributed by atoms with Gasteiger partial charge in [0, 0.05) is 6.04 Å². The van der Waals surface area contributed by atoms with Gasteiger partial charge in [-0.1, -0.05) is 53.9 Å². The minimum atomic E-state index is 0.324. The topological polar surface area (TPSA) is 29.1 Å². The monoisotopic (exact) mass is 527 g/mol. The first-order valence-electron chi connectivity index (χ1n) is 17.2. The number of hydrogen-bond donors (Lipinski definition) is 1. The van der Waals surface area contributed by atoms with E-state index in [1.54, 1.807) is 0 Å². The maximum absolute atomic E-state index is 13.1. The quantitative estimate of drug-likeness (QED) is 0.317. The van der Waals surface area contributed by atoms with Gasteiger partial charge < -0.3 is 9.80 Å². The molecular formula is C35H63N2O+. The van der Waals surface area contributed by atoms with E-state index in [0.717, 1.165) is 45.9 Å². The molecule has 1 saturated heterocycles. The van der Waals surface area contributed by atoms with Gasteiger partial charge in [-0.2, -0.15) is 0 Å². The largest absolute Gasteiger partial charge is 0.348 e. The highest BCUT2D eigenvalue weighted by Gasteiger charge is 2.60. The number of carbonyl (C=O) groups is 1. The molecule has 3 heteroatoms. The van der Waals surface area contributed by atoms with E-state index in [9.17, 15) is 4.79 Å². The van der Waals surface area contributed by atoms with E-state index in [-0.39, 0.29) is 0 Å². The molecule has 0 aromatic carbocycles. The second-order valence-corrected chi connectivity index (χ2v) is 16.5. The normalized spacial score (nSPS) is 43.1. The summed E-state index contributed by atoms with van der Waals surface area (Å²) in [4.78, 5) is 13.1. The van der Waals surface area contributed by atoms with Crippen LogP contribution in [-0.2, 0) is 4.79 Å². The molecule has 4 aliphatic carbocycles. The first kappa shape index (κ1) is 28.9. The molecule has 0 aromatic heterocycles. The van der Waals surface area contributed by atoms with Crippen LogP contribution in [0.1, 0.15) is 131 Å². The van der Waals surface area contributed by atoms with E-state index in [2.05, 4.69) is 47.0 Å². The van der Waals surface area contributed by atoms with Crippen molar-refractivity contribution in [3.05, 3.63) is 0 Å². The molecule has 0 aromatic rings. The van der Waals surface area contributed by atoms with Gasteiger partial charge in [0.15, 0.2) is 6.54 Å². The minimum absolute atomic E-state index is 0.324. The van der Waals surface area contributed by atoms with Crippen molar-refractivity contribution in [1.82, 2.24) is 5.32 Å². The van der Waals surface area contributed by atoms with Crippen molar-refractivity contribution < 1.29 is 9.28 Å². The van der Waals surface area contributed by atoms with Crippen LogP contribution in [0.15, 0.2) is 0 Å². The maximum Gasteiger partial charge on any atom is 0.275 e. The van der Waals surface area contributed by atoms with Crippen LogP contribution < -0.4 is 5.32 Å². The van der Waals surface area contributed by atoms with Gasteiger partial charge in [-0.15, -0.1) is 0 Å². The van der Waals surface area contributed by atoms with Crippen LogP contribution in [0, 0.1) is 52.3 Å². The molecule has 1 N–H and O–H groups in total. The van der Waals surface area contributed by atoms with Crippen molar-refractivity contribution in [2.75, 3.05) is 26.7 Å². The highest BCUT2D eigenvalue weighted by Crippen LogP contribution is 2.68. The fourth-order valence-corrected chi connectivity index (χ4v) is 11.5. The number of quaternary nitrogens is 1. The Balaban J connectivity index is 1.18. The number of nitrogens with zero attached hydrogens (tertiary/aromatic N) is 1. The molecule has 0 radical (unpaired) electrons. The van der Waals surface area contributed by atoms with E-state index in [1.807, 2.05) is 0 Å². The second kappa shape index (κ2) is 11.4. The molecule has 1 heterocycles. The minimum Gasteiger partial charge on any atom is -0.348 e. The van der Waals surface area contributed by atoms with Gasteiger partial charge in [0.2, 0.25) is 0 Å². The molecule has 4 saturated carbocycles. The van der Waals surface area contributed by atoms with Crippen LogP contribution in [0.5, 0.6) is 0 Å². The SMILES string of the molecule is CC(C)CCC[C@H](C)[C@H]1CC[C@H]2[C@@H]3CC[C@@H]4C[C@@H](NC(=O)C[N+]5(C)CCCCC5)CC[C@]4(C)[C@H]3CC[C@]12C. The van der Waals surface area contributed by atoms with Gasteiger partial charge in [-0.25, -0.2) is 0 Å². The van der Waals surface area contributed by atoms with E-state index in [0.29, 0.717) is 29.3 Å². The molecule has 218 valence electrons. The van der Waals surface area contributed by atoms with E-state index < -0.39 is 0 Å². The lowest BCUT2D eigenvalue weighted by molar-refractivity contribution is -0.906. The van der Waals surface area contributed by atoms with Crippen molar-refractivity contribution in [1.29, 1.82) is 0 Å². The van der Waals surface area contributed by atoms with Crippen molar-refractivity contribution >= 4 is 5.91 Å². The van der Waals surface area contributed by atoms with Gasteiger partial charge >= 0.3 is 0 Å². The summed E-state index contributed by atoms with van der Waals surface area (Å²) in [6.45, 7) is 15.8. The zero-order valence-corrected chi connectivity index (χ0v) is 26.2. The van der Waals surface area contributed by atoms with Crippen LogP contribution in [0.3, 0.4) is 0 Å². The molecule has 0 spiro atoms. The number of carbonyl (C=O) groups excluding carboxylic acids is 1. The summed E-state index contributed by atoms with van der Waals surface area (Å²) in [5.41, 5.74) is 1.11. The summed E-state index contributed by atoms with van der Waals surface area (Å²) < 4.78 is 0.959. The third-order valence-electron chi connectivity index (χ3n) is 13.7. The van der Waals surface area contributed by atoms with Crippen LogP contribution in [0.4, 0.5) is 0 Å². The highest BCUT2D eigenvalue weighted by atomic mass is 16.2. The lowest BCUT2D eigenvalue weighted by atomic mass is 9.44. The molecule has 1 aliphatic heterocycles. The molecule has 3 nitrogen and oxygen atoms in total. The Kier molecular flexibility index (Phi) is 8.66. The van der Waals surface area contributed by atoms with Gasteiger partial charge in [-0.3, -0.25) is 4.79 Å². The van der Waals surface area contributed by atoms with Gasteiger partial charge in [0.05, 0.1) is 20.1 Å². The average Bonchev–Trinajstić information content (AvgIpc) is 3.21. The first-order chi connectivity index (χ1) is 18.0. The standard InChI is InChI=1S/C35H62N2O/c1-25(2)11-10-12-26(3)30-15-16-31-29-14-13-27-23-28(36-33(38)24-37(6)21-8-7-9-22-37)17-19-34(27,4)32(29)18-20-35(30,31)5/h25-32H,7-24H2,1-6H3/p+1/t26-,27+,28-,29-,30+,31-,32-,34-,35+/m0/s1. The predicted octanol–water partition coefficient (Wildman–Crippen LogP) is 8.22. The summed E-state index contributed by atoms with van der Waals surface area (Å²) >= 11 is 0. The predicted molar refractivity (Wildman–Crippen MR) is 160 cm³/mol. The number of amides is 1. The molecule has 9 atom stereocenters. The highest BCUT2D eigenvalue weighted by molar-refractivity contribution is 5.77. The lowest BCUT2D eigenvalue weighted by Gasteiger charge is -2.61. The average molecular weight is 528 g/mol. The Labute approximate surface area is 236 Å². The number of hydrogen-bond acceptors (Lipinski definition) is 1. The molecule has 1 amide bonds. The summed E-state index contributed by atoms with van der Waals surface area (Å²) in [6.07, 6.45) is 20.8. The van der Waals surface area contributed by atoms with Crippen LogP contribution >= 0.6 is 0 Å². The van der Waals surface area contributed by atoms with Crippen molar-refractivity contribution in [3.63, 3.8) is 0 Å². The van der Waals surface area contributed by atoms with Crippen LogP contribution in [-0.4, -0.2) is 43.1 Å². The summed E-state index contributed by atoms with van der Waals surface area (Å²) in [5, 5.41) is 3.54. The Morgan fingerprint density at radius 2 is 1.58 bits per heavy atom. The molecule has 38 heavy (non-hydrogen) atoms. The van der Waals surface area contributed by atoms with Crippen LogP contribution in [0.2, 0.25) is 0 Å². The zero-order valence-electron chi connectivity index (χ0n) is 26.2. The van der Waals surface area contributed by atoms with Gasteiger partial charge in [0.1, 0.15) is 0 Å². The third kappa shape index (κ3) is 5.62. The number of likely N-dealkylation sites (tertiary alicyclic amines) is 1. The fraction of sp³-hybridized carbons (Fsp3) is 0.971. The van der Waals surface area contributed by atoms with Gasteiger partial charge in [0.25, 0.3) is 5.91 Å². The second-order valence-electron chi connectivity index (χ2n) is 16.5. The molecule has 5 fully saturated rings. The van der Waals surface area contributed by atoms with E-state index >= 15 is 0 Å².